The molecule has 21 aromatic rings. The van der Waals surface area contributed by atoms with Crippen LogP contribution in [0.1, 0.15) is 150 Å². The van der Waals surface area contributed by atoms with E-state index in [1.165, 1.54) is 317 Å². The largest absolute Gasteiger partial charge is 0.139 e. The quantitative estimate of drug-likeness (QED) is 0.0341. The van der Waals surface area contributed by atoms with Crippen molar-refractivity contribution in [2.45, 2.75) is 157 Å². The highest BCUT2D eigenvalue weighted by Crippen LogP contribution is 2.57. The van der Waals surface area contributed by atoms with E-state index in [0.29, 0.717) is 0 Å². The van der Waals surface area contributed by atoms with Crippen molar-refractivity contribution >= 4 is 216 Å². The average Bonchev–Trinajstić information content (AvgIpc) is 1.61. The molecule has 133 heavy (non-hydrogen) atoms. The van der Waals surface area contributed by atoms with Gasteiger partial charge in [0.15, 0.2) is 0 Å². The molecule has 0 aliphatic rings. The summed E-state index contributed by atoms with van der Waals surface area (Å²) in [6.07, 6.45) is 22.5. The van der Waals surface area contributed by atoms with Crippen LogP contribution in [0.2, 0.25) is 4.34 Å². The average molecular weight is 2080 g/mol. The van der Waals surface area contributed by atoms with Gasteiger partial charge in [-0.1, -0.05) is 184 Å². The fraction of sp³-hybridized carbons (Fsp3) is 0.211. The lowest BCUT2D eigenvalue weighted by molar-refractivity contribution is 0.670. The molecule has 0 aliphatic heterocycles. The lowest BCUT2D eigenvalue weighted by Crippen LogP contribution is -1.81. The van der Waals surface area contributed by atoms with E-state index >= 15 is 0 Å². The fourth-order valence-electron chi connectivity index (χ4n) is 16.7. The first-order valence-corrected chi connectivity index (χ1v) is 61.3. The topological polar surface area (TPSA) is 0 Å². The van der Waals surface area contributed by atoms with E-state index < -0.39 is 0 Å². The second kappa shape index (κ2) is 43.7. The molecule has 0 aliphatic carbocycles. The van der Waals surface area contributed by atoms with E-state index in [9.17, 15) is 0 Å². The van der Waals surface area contributed by atoms with Crippen LogP contribution in [0.4, 0.5) is 0 Å². The minimum absolute atomic E-state index is 0.831. The second-order valence-electron chi connectivity index (χ2n) is 33.3. The van der Waals surface area contributed by atoms with Crippen molar-refractivity contribution in [2.75, 3.05) is 0 Å². The third-order valence-corrected chi connectivity index (χ3v) is 47.2. The maximum Gasteiger partial charge on any atom is 0.0941 e. The van der Waals surface area contributed by atoms with Gasteiger partial charge in [0, 0.05) is 173 Å². The van der Waals surface area contributed by atoms with Crippen molar-refractivity contribution in [1.29, 1.82) is 0 Å². The van der Waals surface area contributed by atoms with Crippen LogP contribution in [-0.2, 0) is 38.5 Å². The lowest BCUT2D eigenvalue weighted by Gasteiger charge is -2.04. The molecule has 670 valence electrons. The molecule has 0 N–H and O–H groups in total. The molecule has 0 atom stereocenters. The van der Waals surface area contributed by atoms with E-state index in [1.54, 1.807) is 11.3 Å². The predicted molar refractivity (Wildman–Crippen MR) is 615 cm³/mol. The van der Waals surface area contributed by atoms with Crippen molar-refractivity contribution in [1.82, 2.24) is 0 Å². The van der Waals surface area contributed by atoms with Crippen molar-refractivity contribution in [3.8, 4) is 189 Å². The van der Waals surface area contributed by atoms with Gasteiger partial charge in [-0.3, -0.25) is 0 Å². The lowest BCUT2D eigenvalue weighted by atomic mass is 10.0. The Morgan fingerprint density at radius 3 is 0.571 bits per heavy atom. The van der Waals surface area contributed by atoms with Gasteiger partial charge in [-0.15, -0.1) is 204 Å². The molecular formula is C114H99ClS18. The number of hydrogen-bond donors (Lipinski definition) is 0. The van der Waals surface area contributed by atoms with E-state index in [0.717, 1.165) is 23.6 Å². The van der Waals surface area contributed by atoms with Crippen LogP contribution in [0.25, 0.3) is 189 Å². The third-order valence-electron chi connectivity index (χ3n) is 24.1. The van der Waals surface area contributed by atoms with E-state index in [1.807, 2.05) is 193 Å². The molecule has 0 unspecified atom stereocenters. The Bertz CT molecular complexity index is 7090. The first-order chi connectivity index (χ1) is 65.4. The molecule has 0 bridgehead atoms. The van der Waals surface area contributed by atoms with Gasteiger partial charge in [0.2, 0.25) is 0 Å². The fourth-order valence-corrected chi connectivity index (χ4v) is 37.0. The first kappa shape index (κ1) is 93.2. The van der Waals surface area contributed by atoms with Gasteiger partial charge >= 0.3 is 0 Å². The molecule has 3 aromatic carbocycles. The molecule has 18 aromatic heterocycles. The van der Waals surface area contributed by atoms with Gasteiger partial charge in [-0.25, -0.2) is 0 Å². The Morgan fingerprint density at radius 2 is 0.353 bits per heavy atom. The van der Waals surface area contributed by atoms with Crippen LogP contribution in [0.15, 0.2) is 273 Å². The van der Waals surface area contributed by atoms with Crippen LogP contribution in [0.5, 0.6) is 0 Å². The monoisotopic (exact) mass is 2080 g/mol. The Hall–Kier alpha value is -7.45. The number of hydrogen-bond acceptors (Lipinski definition) is 18. The van der Waals surface area contributed by atoms with Gasteiger partial charge in [0.05, 0.1) is 19.0 Å². The number of halogens is 1. The molecular weight excluding hydrogens is 1980 g/mol. The van der Waals surface area contributed by atoms with Gasteiger partial charge in [-0.2, -0.15) is 0 Å². The normalized spacial score (nSPS) is 11.7. The summed E-state index contributed by atoms with van der Waals surface area (Å²) >= 11 is 41.0. The minimum Gasteiger partial charge on any atom is -0.139 e. The molecule has 0 spiro atoms. The Balaban J connectivity index is 0.000000204. The zero-order chi connectivity index (χ0) is 90.3. The molecule has 21 rings (SSSR count). The van der Waals surface area contributed by atoms with Gasteiger partial charge < -0.3 is 0 Å². The molecule has 0 nitrogen and oxygen atoms in total. The highest BCUT2D eigenvalue weighted by atomic mass is 35.5. The van der Waals surface area contributed by atoms with Gasteiger partial charge in [0.25, 0.3) is 0 Å². The summed E-state index contributed by atoms with van der Waals surface area (Å²) in [6, 6.07) is 104. The van der Waals surface area contributed by atoms with Crippen molar-refractivity contribution in [3.63, 3.8) is 0 Å². The Labute approximate surface area is 860 Å². The summed E-state index contributed by atoms with van der Waals surface area (Å²) in [6.45, 7) is 13.5. The van der Waals surface area contributed by atoms with E-state index in [4.69, 9.17) is 11.6 Å². The number of thiophene rings is 18. The van der Waals surface area contributed by atoms with Crippen molar-refractivity contribution in [2.24, 2.45) is 0 Å². The summed E-state index contributed by atoms with van der Waals surface area (Å²) < 4.78 is 0.831. The zero-order valence-electron chi connectivity index (χ0n) is 74.9. The summed E-state index contributed by atoms with van der Waals surface area (Å²) in [5, 5.41) is 0. The van der Waals surface area contributed by atoms with Crippen molar-refractivity contribution < 1.29 is 0 Å². The summed E-state index contributed by atoms with van der Waals surface area (Å²) in [4.78, 5) is 47.3. The highest BCUT2D eigenvalue weighted by molar-refractivity contribution is 7.35. The molecule has 0 saturated heterocycles. The molecule has 0 fully saturated rings. The van der Waals surface area contributed by atoms with Gasteiger partial charge in [0.1, 0.15) is 0 Å². The third kappa shape index (κ3) is 21.7. The highest BCUT2D eigenvalue weighted by Gasteiger charge is 2.26. The summed E-state index contributed by atoms with van der Waals surface area (Å²) in [7, 11) is 0. The summed E-state index contributed by atoms with van der Waals surface area (Å²) in [5.41, 5.74) is 11.7. The maximum absolute atomic E-state index is 6.55. The molecule has 0 amide bonds. The van der Waals surface area contributed by atoms with Crippen LogP contribution in [-0.4, -0.2) is 0 Å². The Morgan fingerprint density at radius 1 is 0.165 bits per heavy atom. The van der Waals surface area contributed by atoms with Crippen LogP contribution in [0.3, 0.4) is 0 Å². The second-order valence-corrected chi connectivity index (χ2v) is 53.6. The molecule has 0 radical (unpaired) electrons. The number of rotatable bonds is 37. The molecule has 19 heteroatoms. The smallest absolute Gasteiger partial charge is 0.0941 e. The minimum atomic E-state index is 0.831. The van der Waals surface area contributed by atoms with Crippen molar-refractivity contribution in [3.05, 3.63) is 309 Å². The molecule has 0 saturated carbocycles. The number of aryl methyl sites for hydroxylation is 6. The van der Waals surface area contributed by atoms with E-state index in [2.05, 4.69) is 315 Å². The van der Waals surface area contributed by atoms with Crippen LogP contribution < -0.4 is 0 Å². The number of benzene rings is 3. The van der Waals surface area contributed by atoms with Crippen LogP contribution in [0, 0.1) is 0 Å². The van der Waals surface area contributed by atoms with E-state index in [-0.39, 0.29) is 0 Å². The predicted octanol–water partition coefficient (Wildman–Crippen LogP) is 44.9. The Kier molecular flexibility index (Phi) is 30.6. The SMILES string of the molecule is CCCCCCc1ccc(-c2ccc(-c3ccc(-c4ccc(-c5ccc(-c6sc(-c7cc(-c8ccc(CC)cc8)c(-c8ccc(-c9ccc(-c%10ccc(-c%11ccc(-c%12ccc(CCCCCC)s%12)s%11)s%10)s9)s8)s7)cc6-c6ccc(CC)cc6)s5)s4)s3)s2)s1.CCCCCCc1ccc(-c2ccc(-c3ccc(-c4ccc(-c5ccc(-c6sc(Cl)cc6-c6ccc(CC)cc6)s5)s4)s3)s2)s1. The van der Waals surface area contributed by atoms with Crippen LogP contribution >= 0.6 is 216 Å². The summed E-state index contributed by atoms with van der Waals surface area (Å²) in [5.74, 6) is 0. The first-order valence-electron chi connectivity index (χ1n) is 46.3. The molecule has 18 heterocycles. The zero-order valence-corrected chi connectivity index (χ0v) is 90.4. The van der Waals surface area contributed by atoms with Gasteiger partial charge in [-0.05, 0) is 291 Å². The standard InChI is InChI=1S/C76H66S12.C38H33ClS6/c1-5-9-11-13-15-51-25-27-55(77-51)57-29-31-59(79-57)61-33-35-63(81-61)65-37-39-67(83-65)69-41-43-71(85-69)75-53(49-21-17-47(7-3)18-22-49)45-73(87-75)74-46-54(50-23-19-48(8-4)20-24-50)76(88-74)72-44-42-70(86-72)68-40-38-66(84-68)64-36-34-62(82-64)60-32-30-58(80-60)56-28-26-52(78-56)16-14-12-10-6-2;1-3-5-6-7-8-26-13-14-28(40-26)29-15-16-30(41-29)31-17-18-32(42-31)33-19-20-34(43-33)35-21-22-36(44-35)38-27(23-37(39)45-38)25-11-9-24(4-2)10-12-25/h17-46H,5-16H2,1-4H3;9-23H,3-8H2,1-2H3. The number of unbranched alkanes of at least 4 members (excludes halogenated alkanes) is 9. The maximum atomic E-state index is 6.55.